The molecule has 2 heterocycles. The second-order valence-corrected chi connectivity index (χ2v) is 9.65. The summed E-state index contributed by atoms with van der Waals surface area (Å²) in [5, 5.41) is 6.81. The molecule has 9 heteroatoms. The zero-order valence-electron chi connectivity index (χ0n) is 20.7. The Hall–Kier alpha value is -2.94. The average Bonchev–Trinajstić information content (AvgIpc) is 2.74. The molecule has 1 aromatic heterocycles. The molecular formula is C24H38N8O. The van der Waals surface area contributed by atoms with Gasteiger partial charge in [0.05, 0.1) is 0 Å². The molecule has 33 heavy (non-hydrogen) atoms. The first kappa shape index (κ1) is 24.7. The summed E-state index contributed by atoms with van der Waals surface area (Å²) < 4.78 is 0. The van der Waals surface area contributed by atoms with Crippen molar-refractivity contribution >= 4 is 29.4 Å². The van der Waals surface area contributed by atoms with Crippen molar-refractivity contribution in [1.82, 2.24) is 19.9 Å². The minimum absolute atomic E-state index is 0.277. The Morgan fingerprint density at radius 1 is 1.21 bits per heavy atom. The van der Waals surface area contributed by atoms with Crippen LogP contribution in [0.5, 0.6) is 0 Å². The maximum Gasteiger partial charge on any atom is 0.248 e. The van der Waals surface area contributed by atoms with E-state index in [4.69, 9.17) is 10.7 Å². The molecule has 0 spiro atoms. The molecule has 1 atom stereocenters. The molecule has 1 aliphatic heterocycles. The van der Waals surface area contributed by atoms with Gasteiger partial charge < -0.3 is 21.3 Å². The third-order valence-electron chi connectivity index (χ3n) is 5.89. The molecule has 180 valence electrons. The van der Waals surface area contributed by atoms with Gasteiger partial charge in [-0.25, -0.2) is 0 Å². The molecule has 1 aliphatic rings. The van der Waals surface area contributed by atoms with Crippen LogP contribution in [0.4, 0.5) is 23.5 Å². The Kier molecular flexibility index (Phi) is 8.07. The first-order valence-corrected chi connectivity index (χ1v) is 11.8. The SMILES string of the molecule is Cc1ccc(C(N)=O)cc1Nc1nc(NC2CCCN(C(C)C)C2)nc(N(C)CC(C)C)n1. The third-order valence-corrected chi connectivity index (χ3v) is 5.89. The number of primary amides is 1. The van der Waals surface area contributed by atoms with E-state index in [2.05, 4.69) is 53.2 Å². The van der Waals surface area contributed by atoms with Crippen molar-refractivity contribution in [2.45, 2.75) is 59.5 Å². The monoisotopic (exact) mass is 454 g/mol. The summed E-state index contributed by atoms with van der Waals surface area (Å²) in [4.78, 5) is 30.2. The summed E-state index contributed by atoms with van der Waals surface area (Å²) in [6.07, 6.45) is 2.22. The molecule has 1 amide bonds. The topological polar surface area (TPSA) is 112 Å². The Labute approximate surface area is 197 Å². The van der Waals surface area contributed by atoms with E-state index in [0.717, 1.165) is 43.7 Å². The summed E-state index contributed by atoms with van der Waals surface area (Å²) in [6, 6.07) is 6.09. The molecule has 1 fully saturated rings. The number of likely N-dealkylation sites (tertiary alicyclic amines) is 1. The highest BCUT2D eigenvalue weighted by molar-refractivity contribution is 5.94. The minimum Gasteiger partial charge on any atom is -0.366 e. The fourth-order valence-electron chi connectivity index (χ4n) is 4.09. The number of nitrogens with two attached hydrogens (primary N) is 1. The van der Waals surface area contributed by atoms with E-state index >= 15 is 0 Å². The van der Waals surface area contributed by atoms with Crippen LogP contribution in [-0.4, -0.2) is 64.5 Å². The fraction of sp³-hybridized carbons (Fsp3) is 0.583. The highest BCUT2D eigenvalue weighted by Gasteiger charge is 2.23. The van der Waals surface area contributed by atoms with Gasteiger partial charge in [0.15, 0.2) is 0 Å². The van der Waals surface area contributed by atoms with Gasteiger partial charge in [-0.2, -0.15) is 15.0 Å². The van der Waals surface area contributed by atoms with E-state index in [0.29, 0.717) is 35.4 Å². The highest BCUT2D eigenvalue weighted by Crippen LogP contribution is 2.23. The minimum atomic E-state index is -0.472. The van der Waals surface area contributed by atoms with Crippen LogP contribution in [0.1, 0.15) is 56.5 Å². The third kappa shape index (κ3) is 6.77. The van der Waals surface area contributed by atoms with Gasteiger partial charge >= 0.3 is 0 Å². The predicted octanol–water partition coefficient (Wildman–Crippen LogP) is 3.40. The number of aryl methyl sites for hydroxylation is 1. The van der Waals surface area contributed by atoms with E-state index in [-0.39, 0.29) is 6.04 Å². The summed E-state index contributed by atoms with van der Waals surface area (Å²) >= 11 is 0. The summed E-state index contributed by atoms with van der Waals surface area (Å²) in [7, 11) is 1.99. The summed E-state index contributed by atoms with van der Waals surface area (Å²) in [5.74, 6) is 1.58. The number of amides is 1. The van der Waals surface area contributed by atoms with Crippen LogP contribution in [0, 0.1) is 12.8 Å². The van der Waals surface area contributed by atoms with Crippen LogP contribution in [0.2, 0.25) is 0 Å². The normalized spacial score (nSPS) is 16.8. The molecule has 0 radical (unpaired) electrons. The molecule has 4 N–H and O–H groups in total. The average molecular weight is 455 g/mol. The lowest BCUT2D eigenvalue weighted by Gasteiger charge is -2.35. The summed E-state index contributed by atoms with van der Waals surface area (Å²) in [6.45, 7) is 13.7. The second-order valence-electron chi connectivity index (χ2n) is 9.65. The van der Waals surface area contributed by atoms with Gasteiger partial charge in [0.2, 0.25) is 23.8 Å². The number of piperidine rings is 1. The Bertz CT molecular complexity index is 961. The van der Waals surface area contributed by atoms with Gasteiger partial charge in [-0.3, -0.25) is 9.69 Å². The van der Waals surface area contributed by atoms with Gasteiger partial charge in [0.25, 0.3) is 0 Å². The number of benzene rings is 1. The molecular weight excluding hydrogens is 416 g/mol. The first-order chi connectivity index (χ1) is 15.6. The van der Waals surface area contributed by atoms with Gasteiger partial charge in [-0.05, 0) is 63.8 Å². The zero-order chi connectivity index (χ0) is 24.1. The van der Waals surface area contributed by atoms with Crippen LogP contribution in [0.3, 0.4) is 0 Å². The number of hydrogen-bond acceptors (Lipinski definition) is 8. The molecule has 0 saturated carbocycles. The maximum absolute atomic E-state index is 11.6. The van der Waals surface area contributed by atoms with Gasteiger partial charge in [0.1, 0.15) is 0 Å². The molecule has 1 saturated heterocycles. The van der Waals surface area contributed by atoms with E-state index < -0.39 is 5.91 Å². The smallest absolute Gasteiger partial charge is 0.248 e. The molecule has 3 rings (SSSR count). The molecule has 2 aromatic rings. The molecule has 9 nitrogen and oxygen atoms in total. The van der Waals surface area contributed by atoms with Crippen LogP contribution in [0.25, 0.3) is 0 Å². The van der Waals surface area contributed by atoms with Gasteiger partial charge in [0, 0.05) is 43.5 Å². The lowest BCUT2D eigenvalue weighted by atomic mass is 10.0. The van der Waals surface area contributed by atoms with Crippen molar-refractivity contribution in [2.24, 2.45) is 11.7 Å². The van der Waals surface area contributed by atoms with Gasteiger partial charge in [-0.1, -0.05) is 19.9 Å². The zero-order valence-corrected chi connectivity index (χ0v) is 20.7. The highest BCUT2D eigenvalue weighted by atomic mass is 16.1. The lowest BCUT2D eigenvalue weighted by Crippen LogP contribution is -2.45. The lowest BCUT2D eigenvalue weighted by molar-refractivity contribution is 0.100. The molecule has 1 aromatic carbocycles. The van der Waals surface area contributed by atoms with Gasteiger partial charge in [-0.15, -0.1) is 0 Å². The number of carbonyl (C=O) groups excluding carboxylic acids is 1. The van der Waals surface area contributed by atoms with E-state index in [9.17, 15) is 4.79 Å². The van der Waals surface area contributed by atoms with Crippen molar-refractivity contribution in [2.75, 3.05) is 42.2 Å². The van der Waals surface area contributed by atoms with Crippen molar-refractivity contribution in [1.29, 1.82) is 0 Å². The van der Waals surface area contributed by atoms with Crippen LogP contribution < -0.4 is 21.3 Å². The van der Waals surface area contributed by atoms with Crippen LogP contribution in [0.15, 0.2) is 18.2 Å². The fourth-order valence-corrected chi connectivity index (χ4v) is 4.09. The Morgan fingerprint density at radius 2 is 1.94 bits per heavy atom. The number of nitrogens with zero attached hydrogens (tertiary/aromatic N) is 5. The standard InChI is InChI=1S/C24H38N8O/c1-15(2)13-31(6)24-29-22(26-19-8-7-11-32(14-19)16(3)4)28-23(30-24)27-20-12-18(21(25)33)10-9-17(20)5/h9-10,12,15-16,19H,7-8,11,13-14H2,1-6H3,(H2,25,33)(H2,26,27,28,29,30). The molecule has 1 unspecified atom stereocenters. The van der Waals surface area contributed by atoms with E-state index in [1.807, 2.05) is 24.9 Å². The number of hydrogen-bond donors (Lipinski definition) is 3. The number of anilines is 4. The van der Waals surface area contributed by atoms with Crippen LogP contribution >= 0.6 is 0 Å². The van der Waals surface area contributed by atoms with Crippen molar-refractivity contribution in [3.05, 3.63) is 29.3 Å². The number of nitrogens with one attached hydrogen (secondary N) is 2. The number of aromatic nitrogens is 3. The second kappa shape index (κ2) is 10.8. The quantitative estimate of drug-likeness (QED) is 0.528. The number of carbonyl (C=O) groups is 1. The number of rotatable bonds is 9. The van der Waals surface area contributed by atoms with E-state index in [1.165, 1.54) is 0 Å². The maximum atomic E-state index is 11.6. The predicted molar refractivity (Wildman–Crippen MR) is 134 cm³/mol. The molecule has 0 bridgehead atoms. The van der Waals surface area contributed by atoms with Crippen LogP contribution in [-0.2, 0) is 0 Å². The van der Waals surface area contributed by atoms with E-state index in [1.54, 1.807) is 12.1 Å². The van der Waals surface area contributed by atoms with Crippen molar-refractivity contribution < 1.29 is 4.79 Å². The van der Waals surface area contributed by atoms with Crippen molar-refractivity contribution in [3.8, 4) is 0 Å². The Balaban J connectivity index is 1.89. The largest absolute Gasteiger partial charge is 0.366 e. The first-order valence-electron chi connectivity index (χ1n) is 11.8. The summed E-state index contributed by atoms with van der Waals surface area (Å²) in [5.41, 5.74) is 7.61. The van der Waals surface area contributed by atoms with Crippen molar-refractivity contribution in [3.63, 3.8) is 0 Å². The molecule has 0 aliphatic carbocycles. The Morgan fingerprint density at radius 3 is 2.61 bits per heavy atom.